The number of nitrogens with zero attached hydrogens (tertiary/aromatic N) is 3. The Morgan fingerprint density at radius 1 is 0.750 bits per heavy atom. The molecule has 218 valence electrons. The van der Waals surface area contributed by atoms with Gasteiger partial charge in [-0.1, -0.05) is 76.2 Å². The fourth-order valence-electron chi connectivity index (χ4n) is 7.18. The molecule has 1 saturated carbocycles. The van der Waals surface area contributed by atoms with Gasteiger partial charge in [0.2, 0.25) is 0 Å². The van der Waals surface area contributed by atoms with Crippen LogP contribution in [0.3, 0.4) is 0 Å². The van der Waals surface area contributed by atoms with Crippen LogP contribution in [-0.4, -0.2) is 41.4 Å². The van der Waals surface area contributed by atoms with Crippen molar-refractivity contribution in [1.29, 1.82) is 0 Å². The van der Waals surface area contributed by atoms with Gasteiger partial charge in [-0.05, 0) is 86.9 Å². The highest BCUT2D eigenvalue weighted by Gasteiger charge is 2.54. The fourth-order valence-corrected chi connectivity index (χ4v) is 14.4. The Kier molecular flexibility index (Phi) is 9.19. The van der Waals surface area contributed by atoms with Crippen LogP contribution in [0.1, 0.15) is 97.6 Å². The Labute approximate surface area is 255 Å². The summed E-state index contributed by atoms with van der Waals surface area (Å²) in [6.07, 6.45) is 3.77. The van der Waals surface area contributed by atoms with E-state index in [-0.39, 0.29) is 0 Å². The first-order chi connectivity index (χ1) is 18.9. The third-order valence-electron chi connectivity index (χ3n) is 9.13. The molecule has 1 saturated heterocycles. The van der Waals surface area contributed by atoms with E-state index in [9.17, 15) is 0 Å². The lowest BCUT2D eigenvalue weighted by Crippen LogP contribution is -2.55. The molecule has 0 spiro atoms. The van der Waals surface area contributed by atoms with Crippen molar-refractivity contribution < 1.29 is 0 Å². The van der Waals surface area contributed by atoms with Crippen LogP contribution >= 0.6 is 30.4 Å². The SMILES string of the molecule is CC(C)c1cccc(C(C)C)c1N(C1=C(P2N(C(C)C)CCN2C(C)C)[C@H]2CC[C@@H]1C2)[Si](Cl)(Cl)c1ccccc1. The number of benzene rings is 2. The lowest BCUT2D eigenvalue weighted by molar-refractivity contribution is 0.390. The van der Waals surface area contributed by atoms with Crippen LogP contribution in [0.5, 0.6) is 0 Å². The molecule has 2 aromatic rings. The van der Waals surface area contributed by atoms with Crippen molar-refractivity contribution in [2.75, 3.05) is 17.7 Å². The van der Waals surface area contributed by atoms with Crippen LogP contribution in [0.4, 0.5) is 5.69 Å². The number of allylic oxidation sites excluding steroid dienone is 2. The quantitative estimate of drug-likeness (QED) is 0.158. The first kappa shape index (κ1) is 30.6. The molecule has 2 aromatic carbocycles. The Morgan fingerprint density at radius 3 is 1.77 bits per heavy atom. The minimum absolute atomic E-state index is 0.365. The Morgan fingerprint density at radius 2 is 1.27 bits per heavy atom. The number of para-hydroxylation sites is 1. The Balaban J connectivity index is 1.84. The van der Waals surface area contributed by atoms with Crippen molar-refractivity contribution in [1.82, 2.24) is 9.34 Å². The van der Waals surface area contributed by atoms with Gasteiger partial charge < -0.3 is 4.57 Å². The predicted octanol–water partition coefficient (Wildman–Crippen LogP) is 9.45. The maximum absolute atomic E-state index is 7.88. The third kappa shape index (κ3) is 5.35. The summed E-state index contributed by atoms with van der Waals surface area (Å²) in [6.45, 7) is 17.8. The molecular weight excluding hydrogens is 568 g/mol. The summed E-state index contributed by atoms with van der Waals surface area (Å²) in [5.41, 5.74) is 5.48. The third-order valence-corrected chi connectivity index (χ3v) is 16.8. The first-order valence-corrected chi connectivity index (χ1v) is 20.6. The Hall–Kier alpha value is -0.873. The summed E-state index contributed by atoms with van der Waals surface area (Å²) in [4.78, 5) is 0. The van der Waals surface area contributed by atoms with Crippen molar-refractivity contribution in [3.05, 3.63) is 70.7 Å². The van der Waals surface area contributed by atoms with E-state index in [1.54, 1.807) is 5.31 Å². The second-order valence-electron chi connectivity index (χ2n) is 13.1. The molecule has 40 heavy (non-hydrogen) atoms. The van der Waals surface area contributed by atoms with E-state index in [1.165, 1.54) is 41.8 Å². The largest absolute Gasteiger partial charge is 0.390 e. The average Bonchev–Trinajstić information content (AvgIpc) is 3.64. The molecule has 2 fully saturated rings. The van der Waals surface area contributed by atoms with Crippen molar-refractivity contribution in [3.63, 3.8) is 0 Å². The van der Waals surface area contributed by atoms with E-state index >= 15 is 0 Å². The van der Waals surface area contributed by atoms with E-state index in [2.05, 4.69) is 118 Å². The van der Waals surface area contributed by atoms with Gasteiger partial charge in [-0.3, -0.25) is 9.34 Å². The first-order valence-electron chi connectivity index (χ1n) is 15.4. The summed E-state index contributed by atoms with van der Waals surface area (Å²) in [5, 5.41) is 2.75. The summed E-state index contributed by atoms with van der Waals surface area (Å²) in [7, 11) is -0.585. The number of hydrogen-bond acceptors (Lipinski definition) is 3. The predicted molar refractivity (Wildman–Crippen MR) is 179 cm³/mol. The smallest absolute Gasteiger partial charge is 0.342 e. The zero-order valence-electron chi connectivity index (χ0n) is 25.7. The molecule has 3 nitrogen and oxygen atoms in total. The minimum Gasteiger partial charge on any atom is -0.342 e. The fraction of sp³-hybridized carbons (Fsp3) is 0.576. The van der Waals surface area contributed by atoms with Crippen LogP contribution < -0.4 is 9.75 Å². The van der Waals surface area contributed by atoms with Gasteiger partial charge in [0.15, 0.2) is 0 Å². The molecule has 0 radical (unpaired) electrons. The zero-order valence-corrected chi connectivity index (χ0v) is 29.1. The van der Waals surface area contributed by atoms with Gasteiger partial charge in [-0.2, -0.15) is 0 Å². The van der Waals surface area contributed by atoms with Crippen LogP contribution in [0.25, 0.3) is 0 Å². The van der Waals surface area contributed by atoms with Crippen LogP contribution in [0.15, 0.2) is 59.5 Å². The highest BCUT2D eigenvalue weighted by Crippen LogP contribution is 2.68. The van der Waals surface area contributed by atoms with Gasteiger partial charge in [0.05, 0.1) is 8.22 Å². The van der Waals surface area contributed by atoms with Gasteiger partial charge >= 0.3 is 6.86 Å². The maximum Gasteiger partial charge on any atom is 0.390 e. The number of rotatable bonds is 9. The second kappa shape index (κ2) is 12.0. The molecule has 0 unspecified atom stereocenters. The van der Waals surface area contributed by atoms with Gasteiger partial charge in [0.25, 0.3) is 0 Å². The van der Waals surface area contributed by atoms with Gasteiger partial charge in [-0.25, -0.2) is 0 Å². The number of hydrogen-bond donors (Lipinski definition) is 0. The summed E-state index contributed by atoms with van der Waals surface area (Å²) in [6, 6.07) is 18.4. The normalized spacial score (nSPS) is 22.8. The molecule has 7 heteroatoms. The monoisotopic (exact) mass is 615 g/mol. The van der Waals surface area contributed by atoms with E-state index in [1.807, 2.05) is 0 Å². The molecule has 5 rings (SSSR count). The number of fused-ring (bicyclic) bond motifs is 2. The molecular formula is C33H48Cl2N3PSi. The highest BCUT2D eigenvalue weighted by molar-refractivity contribution is 7.58. The van der Waals surface area contributed by atoms with Crippen LogP contribution in [0.2, 0.25) is 0 Å². The van der Waals surface area contributed by atoms with E-state index in [4.69, 9.17) is 22.2 Å². The van der Waals surface area contributed by atoms with Crippen molar-refractivity contribution in [2.24, 2.45) is 11.8 Å². The molecule has 2 atom stereocenters. The average molecular weight is 617 g/mol. The number of anilines is 1. The molecule has 0 amide bonds. The minimum atomic E-state index is -3.20. The highest BCUT2D eigenvalue weighted by atomic mass is 35.7. The second-order valence-corrected chi connectivity index (χ2v) is 21.2. The van der Waals surface area contributed by atoms with Crippen molar-refractivity contribution in [2.45, 2.75) is 98.6 Å². The molecule has 2 bridgehead atoms. The van der Waals surface area contributed by atoms with Crippen LogP contribution in [0, 0.1) is 11.8 Å². The van der Waals surface area contributed by atoms with Gasteiger partial charge in [0.1, 0.15) is 0 Å². The summed E-state index contributed by atoms with van der Waals surface area (Å²) in [5.74, 6) is 1.87. The van der Waals surface area contributed by atoms with E-state index in [0.29, 0.717) is 35.8 Å². The maximum atomic E-state index is 7.88. The lowest BCUT2D eigenvalue weighted by Gasteiger charge is -2.45. The molecule has 1 heterocycles. The molecule has 1 aliphatic heterocycles. The topological polar surface area (TPSA) is 9.72 Å². The molecule has 2 aliphatic carbocycles. The Bertz CT molecular complexity index is 1190. The summed E-state index contributed by atoms with van der Waals surface area (Å²) < 4.78 is 8.18. The number of halogens is 2. The van der Waals surface area contributed by atoms with Crippen molar-refractivity contribution in [3.8, 4) is 0 Å². The molecule has 3 aliphatic rings. The van der Waals surface area contributed by atoms with Crippen LogP contribution in [-0.2, 0) is 0 Å². The van der Waals surface area contributed by atoms with Gasteiger partial charge in [0, 0.05) is 41.9 Å². The zero-order chi connectivity index (χ0) is 28.9. The standard InChI is InChI=1S/C33H48Cl2N3PSi/c1-22(2)29-15-12-16-30(23(3)4)32(29)38(40(34,35)28-13-10-9-11-14-28)31-26-17-18-27(21-26)33(31)39-36(24(5)6)19-20-37(39)25(7)8/h9-16,22-27H,17-21H2,1-8H3/t26-,27+/m1/s1. The summed E-state index contributed by atoms with van der Waals surface area (Å²) >= 11 is 15.8. The molecule has 0 N–H and O–H groups in total. The van der Waals surface area contributed by atoms with E-state index in [0.717, 1.165) is 18.3 Å². The van der Waals surface area contributed by atoms with E-state index < -0.39 is 15.1 Å². The lowest BCUT2D eigenvalue weighted by atomic mass is 9.92. The van der Waals surface area contributed by atoms with Gasteiger partial charge in [-0.15, -0.1) is 22.2 Å². The van der Waals surface area contributed by atoms with Crippen molar-refractivity contribution >= 4 is 48.1 Å². The molecule has 0 aromatic heterocycles.